The number of ether oxygens (including phenoxy) is 1. The fourth-order valence-corrected chi connectivity index (χ4v) is 4.55. The van der Waals surface area contributed by atoms with Crippen LogP contribution in [0.5, 0.6) is 11.5 Å². The maximum Gasteiger partial charge on any atom is 0.419 e. The zero-order valence-corrected chi connectivity index (χ0v) is 20.2. The molecule has 1 saturated carbocycles. The van der Waals surface area contributed by atoms with E-state index >= 15 is 0 Å². The van der Waals surface area contributed by atoms with E-state index in [1.54, 1.807) is 18.2 Å². The van der Waals surface area contributed by atoms with Crippen LogP contribution in [0.1, 0.15) is 24.0 Å². The van der Waals surface area contributed by atoms with Crippen molar-refractivity contribution in [3.8, 4) is 11.5 Å². The van der Waals surface area contributed by atoms with Gasteiger partial charge in [-0.15, -0.1) is 0 Å². The molecule has 0 radical (unpaired) electrons. The molecule has 1 aromatic heterocycles. The van der Waals surface area contributed by atoms with Crippen molar-refractivity contribution >= 4 is 44.2 Å². The number of nitrogens with zero attached hydrogens (tertiary/aromatic N) is 1. The van der Waals surface area contributed by atoms with Crippen molar-refractivity contribution in [3.63, 3.8) is 0 Å². The molecule has 2 amide bonds. The molecule has 1 aliphatic rings. The molecule has 5 rings (SSSR count). The highest BCUT2D eigenvalue weighted by atomic mass is 32.1. The summed E-state index contributed by atoms with van der Waals surface area (Å²) in [6, 6.07) is 10.9. The topological polar surface area (TPSA) is 80.3 Å². The summed E-state index contributed by atoms with van der Waals surface area (Å²) in [7, 11) is 0. The molecule has 1 heterocycles. The smallest absolute Gasteiger partial charge is 0.419 e. The zero-order valence-electron chi connectivity index (χ0n) is 19.4. The summed E-state index contributed by atoms with van der Waals surface area (Å²) in [6.07, 6.45) is -3.70. The number of carbonyl (C=O) groups excluding carboxylic acids is 2. The number of thiazole rings is 1. The first-order valence-corrected chi connectivity index (χ1v) is 12.2. The van der Waals surface area contributed by atoms with Gasteiger partial charge in [-0.2, -0.15) is 13.2 Å². The third kappa shape index (κ3) is 5.91. The molecule has 196 valence electrons. The van der Waals surface area contributed by atoms with Crippen molar-refractivity contribution < 1.29 is 36.3 Å². The van der Waals surface area contributed by atoms with Crippen molar-refractivity contribution in [1.82, 2.24) is 4.98 Å². The Labute approximate surface area is 216 Å². The molecule has 38 heavy (non-hydrogen) atoms. The summed E-state index contributed by atoms with van der Waals surface area (Å²) >= 11 is 1.28. The number of fused-ring (bicyclic) bond motifs is 1. The molecule has 12 heteroatoms. The average Bonchev–Trinajstić information content (AvgIpc) is 3.62. The average molecular weight is 548 g/mol. The number of amides is 2. The number of rotatable bonds is 7. The van der Waals surface area contributed by atoms with E-state index in [1.165, 1.54) is 23.5 Å². The summed E-state index contributed by atoms with van der Waals surface area (Å²) in [5.41, 5.74) is -1.15. The zero-order chi connectivity index (χ0) is 27.0. The van der Waals surface area contributed by atoms with Crippen molar-refractivity contribution in [3.05, 3.63) is 77.4 Å². The number of hydrogen-bond donors (Lipinski definition) is 2. The van der Waals surface area contributed by atoms with Gasteiger partial charge in [0.25, 0.3) is 0 Å². The number of hydrogen-bond acceptors (Lipinski definition) is 5. The molecule has 0 aliphatic heterocycles. The van der Waals surface area contributed by atoms with Gasteiger partial charge in [0.1, 0.15) is 23.1 Å². The Balaban J connectivity index is 1.27. The minimum Gasteiger partial charge on any atom is -0.457 e. The van der Waals surface area contributed by atoms with E-state index in [9.17, 15) is 31.5 Å². The molecule has 1 fully saturated rings. The predicted octanol–water partition coefficient (Wildman–Crippen LogP) is 6.92. The number of halogens is 5. The van der Waals surface area contributed by atoms with Crippen molar-refractivity contribution in [2.75, 3.05) is 10.6 Å². The van der Waals surface area contributed by atoms with Crippen LogP contribution in [0.2, 0.25) is 0 Å². The van der Waals surface area contributed by atoms with E-state index in [4.69, 9.17) is 4.74 Å². The molecule has 3 aromatic carbocycles. The fraction of sp³-hybridized carbons (Fsp3) is 0.192. The lowest BCUT2D eigenvalue weighted by Crippen LogP contribution is -2.16. The van der Waals surface area contributed by atoms with E-state index in [2.05, 4.69) is 15.6 Å². The Morgan fingerprint density at radius 1 is 0.947 bits per heavy atom. The predicted molar refractivity (Wildman–Crippen MR) is 131 cm³/mol. The largest absolute Gasteiger partial charge is 0.457 e. The number of aromatic nitrogens is 1. The van der Waals surface area contributed by atoms with Gasteiger partial charge < -0.3 is 15.4 Å². The second kappa shape index (κ2) is 10.0. The van der Waals surface area contributed by atoms with Crippen molar-refractivity contribution in [2.24, 2.45) is 5.92 Å². The third-order valence-electron chi connectivity index (χ3n) is 5.69. The molecule has 6 nitrogen and oxygen atoms in total. The molecular weight excluding hydrogens is 529 g/mol. The molecule has 4 aromatic rings. The Bertz CT molecular complexity index is 1550. The Hall–Kier alpha value is -4.06. The normalized spacial score (nSPS) is 13.4. The van der Waals surface area contributed by atoms with Crippen LogP contribution in [-0.2, 0) is 22.2 Å². The second-order valence-corrected chi connectivity index (χ2v) is 9.72. The summed E-state index contributed by atoms with van der Waals surface area (Å²) < 4.78 is 73.2. The lowest BCUT2D eigenvalue weighted by molar-refractivity contribution is -0.140. The van der Waals surface area contributed by atoms with Gasteiger partial charge in [0, 0.05) is 18.1 Å². The molecule has 0 spiro atoms. The summed E-state index contributed by atoms with van der Waals surface area (Å²) in [4.78, 5) is 28.7. The molecule has 0 bridgehead atoms. The molecular formula is C26H18F5N3O3S. The van der Waals surface area contributed by atoms with E-state index < -0.39 is 35.7 Å². The molecule has 2 N–H and O–H groups in total. The Morgan fingerprint density at radius 3 is 2.39 bits per heavy atom. The van der Waals surface area contributed by atoms with Gasteiger partial charge in [-0.05, 0) is 54.8 Å². The highest BCUT2D eigenvalue weighted by Crippen LogP contribution is 2.35. The van der Waals surface area contributed by atoms with Crippen LogP contribution in [0.3, 0.4) is 0 Å². The van der Waals surface area contributed by atoms with Crippen LogP contribution in [0, 0.1) is 17.6 Å². The third-order valence-corrected chi connectivity index (χ3v) is 6.62. The van der Waals surface area contributed by atoms with E-state index in [-0.39, 0.29) is 28.8 Å². The SMILES string of the molecule is O=C(Cc1ccc(F)c(C(F)(F)F)c1)Nc1cc(Oc2ccc3nc(NC(=O)C4CC4)sc3c2)ccc1F. The minimum atomic E-state index is -4.91. The van der Waals surface area contributed by atoms with Crippen molar-refractivity contribution in [2.45, 2.75) is 25.4 Å². The lowest BCUT2D eigenvalue weighted by Gasteiger charge is -2.12. The van der Waals surface area contributed by atoms with Gasteiger partial charge >= 0.3 is 6.18 Å². The van der Waals surface area contributed by atoms with Crippen molar-refractivity contribution in [1.29, 1.82) is 0 Å². The summed E-state index contributed by atoms with van der Waals surface area (Å²) in [5.74, 6) is -2.45. The Kier molecular flexibility index (Phi) is 6.74. The van der Waals surface area contributed by atoms with E-state index in [0.29, 0.717) is 28.5 Å². The molecule has 1 aliphatic carbocycles. The monoisotopic (exact) mass is 547 g/mol. The van der Waals surface area contributed by atoms with Gasteiger partial charge in [-0.1, -0.05) is 17.4 Å². The second-order valence-electron chi connectivity index (χ2n) is 8.69. The van der Waals surface area contributed by atoms with Gasteiger partial charge in [-0.3, -0.25) is 9.59 Å². The van der Waals surface area contributed by atoms with Crippen LogP contribution in [-0.4, -0.2) is 16.8 Å². The first-order chi connectivity index (χ1) is 18.0. The maximum absolute atomic E-state index is 14.3. The first-order valence-electron chi connectivity index (χ1n) is 11.4. The number of carbonyl (C=O) groups is 2. The number of alkyl halides is 3. The van der Waals surface area contributed by atoms with Crippen LogP contribution in [0.25, 0.3) is 10.2 Å². The van der Waals surface area contributed by atoms with Crippen LogP contribution >= 0.6 is 11.3 Å². The molecule has 0 saturated heterocycles. The Morgan fingerprint density at radius 2 is 1.66 bits per heavy atom. The maximum atomic E-state index is 14.3. The number of nitrogens with one attached hydrogen (secondary N) is 2. The van der Waals surface area contributed by atoms with E-state index in [1.807, 2.05) is 0 Å². The van der Waals surface area contributed by atoms with Gasteiger partial charge in [0.05, 0.1) is 27.9 Å². The van der Waals surface area contributed by atoms with Crippen LogP contribution in [0.15, 0.2) is 54.6 Å². The van der Waals surface area contributed by atoms with Gasteiger partial charge in [0.2, 0.25) is 11.8 Å². The lowest BCUT2D eigenvalue weighted by atomic mass is 10.1. The molecule has 0 unspecified atom stereocenters. The fourth-order valence-electron chi connectivity index (χ4n) is 3.65. The highest BCUT2D eigenvalue weighted by Gasteiger charge is 2.34. The summed E-state index contributed by atoms with van der Waals surface area (Å²) in [6.45, 7) is 0. The molecule has 0 atom stereocenters. The van der Waals surface area contributed by atoms with Crippen LogP contribution in [0.4, 0.5) is 32.8 Å². The van der Waals surface area contributed by atoms with Gasteiger partial charge in [-0.25, -0.2) is 13.8 Å². The summed E-state index contributed by atoms with van der Waals surface area (Å²) in [5, 5.41) is 5.58. The highest BCUT2D eigenvalue weighted by molar-refractivity contribution is 7.22. The quantitative estimate of drug-likeness (QED) is 0.246. The standard InChI is InChI=1S/C26H18F5N3O3S/c27-18-6-1-13(9-17(18)26(29,30)31)10-23(35)32-21-11-15(4-7-19(21)28)37-16-5-8-20-22(12-16)38-25(33-20)34-24(36)14-2-3-14/h1,4-9,11-12,14H,2-3,10H2,(H,32,35)(H,33,34,36). The number of anilines is 2. The van der Waals surface area contributed by atoms with Gasteiger partial charge in [0.15, 0.2) is 5.13 Å². The van der Waals surface area contributed by atoms with Crippen LogP contribution < -0.4 is 15.4 Å². The minimum absolute atomic E-state index is 0.0436. The number of benzene rings is 3. The van der Waals surface area contributed by atoms with E-state index in [0.717, 1.165) is 29.7 Å². The first kappa shape index (κ1) is 25.6.